The quantitative estimate of drug-likeness (QED) is 0.817. The molecule has 0 atom stereocenters. The van der Waals surface area contributed by atoms with Gasteiger partial charge in [-0.3, -0.25) is 4.79 Å². The number of halogens is 2. The van der Waals surface area contributed by atoms with Crippen molar-refractivity contribution in [2.75, 3.05) is 25.6 Å². The van der Waals surface area contributed by atoms with Crippen molar-refractivity contribution in [3.05, 3.63) is 21.1 Å². The lowest BCUT2D eigenvalue weighted by molar-refractivity contribution is -0.126. The number of rotatable bonds is 3. The first-order valence-corrected chi connectivity index (χ1v) is 7.94. The molecule has 0 aromatic heterocycles. The van der Waals surface area contributed by atoms with Gasteiger partial charge >= 0.3 is 0 Å². The zero-order valence-corrected chi connectivity index (χ0v) is 14.6. The number of amides is 1. The van der Waals surface area contributed by atoms with Gasteiger partial charge in [0.1, 0.15) is 11.2 Å². The molecular weight excluding hydrogens is 404 g/mol. The number of hydrogen-bond acceptors (Lipinski definition) is 4. The summed E-state index contributed by atoms with van der Waals surface area (Å²) in [6, 6.07) is 5.64. The zero-order chi connectivity index (χ0) is 15.5. The Bertz CT molecular complexity index is 593. The van der Waals surface area contributed by atoms with Gasteiger partial charge in [0.05, 0.1) is 23.3 Å². The Hall–Kier alpha value is -1.10. The summed E-state index contributed by atoms with van der Waals surface area (Å²) in [5.74, 6) is 0.296. The lowest BCUT2D eigenvalue weighted by Crippen LogP contribution is -2.40. The number of hydrogen-bond donors (Lipinski definition) is 1. The molecule has 1 amide bonds. The largest absolute Gasteiger partial charge is 0.495 e. The maximum atomic E-state index is 12.5. The van der Waals surface area contributed by atoms with E-state index < -0.39 is 5.41 Å². The predicted molar refractivity (Wildman–Crippen MR) is 85.1 cm³/mol. The Morgan fingerprint density at radius 2 is 2.05 bits per heavy atom. The SMILES string of the molecule is COc1cc(NC(=O)C2(C#N)CCOCC2)c(Br)cc1Br. The van der Waals surface area contributed by atoms with E-state index in [-0.39, 0.29) is 5.91 Å². The molecule has 1 aliphatic rings. The fourth-order valence-electron chi connectivity index (χ4n) is 2.13. The van der Waals surface area contributed by atoms with Gasteiger partial charge < -0.3 is 14.8 Å². The van der Waals surface area contributed by atoms with Crippen molar-refractivity contribution in [3.8, 4) is 11.8 Å². The molecule has 1 N–H and O–H groups in total. The van der Waals surface area contributed by atoms with Crippen LogP contribution in [0.3, 0.4) is 0 Å². The van der Waals surface area contributed by atoms with Gasteiger partial charge in [-0.05, 0) is 50.8 Å². The maximum Gasteiger partial charge on any atom is 0.245 e. The van der Waals surface area contributed by atoms with Crippen molar-refractivity contribution in [2.24, 2.45) is 5.41 Å². The minimum Gasteiger partial charge on any atom is -0.495 e. The van der Waals surface area contributed by atoms with Gasteiger partial charge in [0.25, 0.3) is 0 Å². The molecular formula is C14H14Br2N2O3. The molecule has 7 heteroatoms. The van der Waals surface area contributed by atoms with Crippen molar-refractivity contribution < 1.29 is 14.3 Å². The number of nitrogens with zero attached hydrogens (tertiary/aromatic N) is 1. The van der Waals surface area contributed by atoms with Gasteiger partial charge in [0.15, 0.2) is 0 Å². The van der Waals surface area contributed by atoms with E-state index in [9.17, 15) is 10.1 Å². The summed E-state index contributed by atoms with van der Waals surface area (Å²) >= 11 is 6.77. The molecule has 0 aliphatic carbocycles. The van der Waals surface area contributed by atoms with Crippen molar-refractivity contribution in [1.82, 2.24) is 0 Å². The van der Waals surface area contributed by atoms with Crippen LogP contribution in [0.2, 0.25) is 0 Å². The van der Waals surface area contributed by atoms with E-state index in [0.29, 0.717) is 42.0 Å². The molecule has 0 radical (unpaired) electrons. The Kier molecular flexibility index (Phi) is 5.25. The van der Waals surface area contributed by atoms with E-state index in [1.807, 2.05) is 0 Å². The number of benzene rings is 1. The number of anilines is 1. The van der Waals surface area contributed by atoms with E-state index >= 15 is 0 Å². The van der Waals surface area contributed by atoms with Crippen LogP contribution in [0.4, 0.5) is 5.69 Å². The highest BCUT2D eigenvalue weighted by molar-refractivity contribution is 9.11. The molecule has 2 rings (SSSR count). The summed E-state index contributed by atoms with van der Waals surface area (Å²) in [6.45, 7) is 0.845. The smallest absolute Gasteiger partial charge is 0.245 e. The summed E-state index contributed by atoms with van der Waals surface area (Å²) in [7, 11) is 1.55. The third-order valence-corrected chi connectivity index (χ3v) is 4.76. The number of nitrogens with one attached hydrogen (secondary N) is 1. The van der Waals surface area contributed by atoms with Crippen LogP contribution in [0.15, 0.2) is 21.1 Å². The van der Waals surface area contributed by atoms with Crippen LogP contribution >= 0.6 is 31.9 Å². The summed E-state index contributed by atoms with van der Waals surface area (Å²) in [6.07, 6.45) is 0.807. The number of methoxy groups -OCH3 is 1. The van der Waals surface area contributed by atoms with Gasteiger partial charge in [-0.15, -0.1) is 0 Å². The average Bonchev–Trinajstić information content (AvgIpc) is 2.50. The van der Waals surface area contributed by atoms with Gasteiger partial charge in [0, 0.05) is 23.8 Å². The maximum absolute atomic E-state index is 12.5. The van der Waals surface area contributed by atoms with Crippen LogP contribution in [0.1, 0.15) is 12.8 Å². The Morgan fingerprint density at radius 3 is 2.62 bits per heavy atom. The molecule has 112 valence electrons. The number of ether oxygens (including phenoxy) is 2. The van der Waals surface area contributed by atoms with Crippen LogP contribution < -0.4 is 10.1 Å². The molecule has 0 bridgehead atoms. The van der Waals surface area contributed by atoms with Crippen LogP contribution in [-0.2, 0) is 9.53 Å². The third-order valence-electron chi connectivity index (χ3n) is 3.48. The molecule has 21 heavy (non-hydrogen) atoms. The van der Waals surface area contributed by atoms with Crippen LogP contribution in [0, 0.1) is 16.7 Å². The molecule has 1 saturated heterocycles. The molecule has 1 aliphatic heterocycles. The molecule has 1 heterocycles. The number of carbonyl (C=O) groups is 1. The van der Waals surface area contributed by atoms with E-state index in [1.165, 1.54) is 0 Å². The number of carbonyl (C=O) groups excluding carboxylic acids is 1. The number of nitriles is 1. The predicted octanol–water partition coefficient (Wildman–Crippen LogP) is 3.48. The summed E-state index contributed by atoms with van der Waals surface area (Å²) < 4.78 is 11.9. The third kappa shape index (κ3) is 3.39. The topological polar surface area (TPSA) is 71.3 Å². The van der Waals surface area contributed by atoms with Crippen molar-refractivity contribution in [3.63, 3.8) is 0 Å². The molecule has 0 spiro atoms. The van der Waals surface area contributed by atoms with E-state index in [2.05, 4.69) is 43.2 Å². The van der Waals surface area contributed by atoms with Crippen molar-refractivity contribution in [2.45, 2.75) is 12.8 Å². The Balaban J connectivity index is 2.25. The standard InChI is InChI=1S/C14H14Br2N2O3/c1-20-12-7-11(9(15)6-10(12)16)18-13(19)14(8-17)2-4-21-5-3-14/h6-7H,2-5H2,1H3,(H,18,19). The molecule has 1 aromatic carbocycles. The summed E-state index contributed by atoms with van der Waals surface area (Å²) in [5.41, 5.74) is -0.459. The van der Waals surface area contributed by atoms with Crippen LogP contribution in [0.25, 0.3) is 0 Å². The van der Waals surface area contributed by atoms with E-state index in [4.69, 9.17) is 9.47 Å². The highest BCUT2D eigenvalue weighted by atomic mass is 79.9. The Labute approximate surface area is 139 Å². The average molecular weight is 418 g/mol. The van der Waals surface area contributed by atoms with Crippen molar-refractivity contribution in [1.29, 1.82) is 5.26 Å². The first kappa shape index (κ1) is 16.3. The second-order valence-electron chi connectivity index (χ2n) is 4.73. The molecule has 5 nitrogen and oxygen atoms in total. The van der Waals surface area contributed by atoms with E-state index in [0.717, 1.165) is 4.47 Å². The summed E-state index contributed by atoms with van der Waals surface area (Å²) in [4.78, 5) is 12.5. The Morgan fingerprint density at radius 1 is 1.38 bits per heavy atom. The first-order chi connectivity index (χ1) is 10.0. The van der Waals surface area contributed by atoms with Gasteiger partial charge in [-0.25, -0.2) is 0 Å². The summed E-state index contributed by atoms with van der Waals surface area (Å²) in [5, 5.41) is 12.2. The molecule has 1 fully saturated rings. The highest BCUT2D eigenvalue weighted by Crippen LogP contribution is 2.37. The second kappa shape index (κ2) is 6.77. The minimum absolute atomic E-state index is 0.307. The monoisotopic (exact) mass is 416 g/mol. The van der Waals surface area contributed by atoms with Gasteiger partial charge in [-0.2, -0.15) is 5.26 Å². The fraction of sp³-hybridized carbons (Fsp3) is 0.429. The second-order valence-corrected chi connectivity index (χ2v) is 6.44. The molecule has 0 saturated carbocycles. The molecule has 0 unspecified atom stereocenters. The zero-order valence-electron chi connectivity index (χ0n) is 11.4. The van der Waals surface area contributed by atoms with E-state index in [1.54, 1.807) is 19.2 Å². The highest BCUT2D eigenvalue weighted by Gasteiger charge is 2.40. The van der Waals surface area contributed by atoms with Crippen LogP contribution in [0.5, 0.6) is 5.75 Å². The lowest BCUT2D eigenvalue weighted by Gasteiger charge is -2.29. The van der Waals surface area contributed by atoms with Gasteiger partial charge in [0.2, 0.25) is 5.91 Å². The lowest BCUT2D eigenvalue weighted by atomic mass is 9.81. The minimum atomic E-state index is -1.03. The normalized spacial score (nSPS) is 16.9. The first-order valence-electron chi connectivity index (χ1n) is 6.36. The molecule has 1 aromatic rings. The van der Waals surface area contributed by atoms with Crippen LogP contribution in [-0.4, -0.2) is 26.2 Å². The fourth-order valence-corrected chi connectivity index (χ4v) is 3.39. The van der Waals surface area contributed by atoms with Crippen molar-refractivity contribution >= 4 is 43.5 Å². The van der Waals surface area contributed by atoms with Gasteiger partial charge in [-0.1, -0.05) is 0 Å².